The smallest absolute Gasteiger partial charge is 0.128 e. The number of aryl methyl sites for hydroxylation is 1. The lowest BCUT2D eigenvalue weighted by Gasteiger charge is -2.37. The van der Waals surface area contributed by atoms with Crippen molar-refractivity contribution >= 4 is 5.82 Å². The molecule has 1 aliphatic heterocycles. The van der Waals surface area contributed by atoms with Gasteiger partial charge in [-0.3, -0.25) is 9.67 Å². The number of anilines is 1. The minimum absolute atomic E-state index is 0.0119. The monoisotopic (exact) mass is 375 g/mol. The first-order valence-corrected chi connectivity index (χ1v) is 10.2. The van der Waals surface area contributed by atoms with Crippen molar-refractivity contribution in [3.63, 3.8) is 0 Å². The van der Waals surface area contributed by atoms with Crippen molar-refractivity contribution in [1.29, 1.82) is 0 Å². The summed E-state index contributed by atoms with van der Waals surface area (Å²) in [6, 6.07) is 12.3. The topological polar surface area (TPSA) is 46.8 Å². The Labute approximate surface area is 167 Å². The van der Waals surface area contributed by atoms with Crippen LogP contribution in [-0.2, 0) is 5.54 Å². The number of hydrogen-bond donors (Lipinski definition) is 0. The molecule has 28 heavy (non-hydrogen) atoms. The number of piperidine rings is 1. The molecule has 5 heteroatoms. The zero-order valence-corrected chi connectivity index (χ0v) is 17.0. The quantitative estimate of drug-likeness (QED) is 0.649. The van der Waals surface area contributed by atoms with Crippen LogP contribution in [0, 0.1) is 12.8 Å². The lowest BCUT2D eigenvalue weighted by molar-refractivity contribution is 0.220. The third kappa shape index (κ3) is 4.08. The summed E-state index contributed by atoms with van der Waals surface area (Å²) in [6.07, 6.45) is 9.40. The van der Waals surface area contributed by atoms with Gasteiger partial charge in [0.25, 0.3) is 0 Å². The maximum Gasteiger partial charge on any atom is 0.128 e. The molecule has 0 N–H and O–H groups in total. The molecule has 5 nitrogen and oxygen atoms in total. The predicted molar refractivity (Wildman–Crippen MR) is 113 cm³/mol. The van der Waals surface area contributed by atoms with Gasteiger partial charge in [0.2, 0.25) is 0 Å². The Kier molecular flexibility index (Phi) is 5.16. The van der Waals surface area contributed by atoms with Crippen LogP contribution in [0.3, 0.4) is 0 Å². The van der Waals surface area contributed by atoms with E-state index in [0.29, 0.717) is 5.92 Å². The van der Waals surface area contributed by atoms with E-state index in [1.807, 2.05) is 30.6 Å². The summed E-state index contributed by atoms with van der Waals surface area (Å²) in [5.41, 5.74) is 3.07. The van der Waals surface area contributed by atoms with Crippen LogP contribution in [0.2, 0.25) is 0 Å². The largest absolute Gasteiger partial charge is 0.357 e. The third-order valence-electron chi connectivity index (χ3n) is 5.76. The molecule has 3 aromatic heterocycles. The van der Waals surface area contributed by atoms with Crippen LogP contribution >= 0.6 is 0 Å². The fraction of sp³-hybridized carbons (Fsp3) is 0.435. The van der Waals surface area contributed by atoms with Gasteiger partial charge in [0.1, 0.15) is 11.5 Å². The zero-order chi connectivity index (χ0) is 19.6. The first-order chi connectivity index (χ1) is 13.5. The number of hydrogen-bond acceptors (Lipinski definition) is 4. The summed E-state index contributed by atoms with van der Waals surface area (Å²) in [5.74, 6) is 1.81. The molecule has 0 unspecified atom stereocenters. The van der Waals surface area contributed by atoms with Gasteiger partial charge in [-0.25, -0.2) is 4.98 Å². The van der Waals surface area contributed by atoms with Gasteiger partial charge in [0, 0.05) is 31.7 Å². The SMILES string of the molecule is Cc1ccc(N2CCC(CC(C)(C)n3ccc(-c4ccccn4)n3)CC2)nc1. The van der Waals surface area contributed by atoms with Crippen LogP contribution in [0.5, 0.6) is 0 Å². The van der Waals surface area contributed by atoms with Crippen LogP contribution in [0.4, 0.5) is 5.82 Å². The molecular weight excluding hydrogens is 346 g/mol. The molecule has 0 aliphatic carbocycles. The molecule has 4 heterocycles. The normalized spacial score (nSPS) is 15.8. The van der Waals surface area contributed by atoms with E-state index >= 15 is 0 Å². The van der Waals surface area contributed by atoms with E-state index < -0.39 is 0 Å². The molecule has 0 bridgehead atoms. The number of aromatic nitrogens is 4. The van der Waals surface area contributed by atoms with E-state index in [4.69, 9.17) is 5.10 Å². The average Bonchev–Trinajstić information content (AvgIpc) is 3.21. The first kappa shape index (κ1) is 18.7. The van der Waals surface area contributed by atoms with Gasteiger partial charge in [-0.15, -0.1) is 0 Å². The van der Waals surface area contributed by atoms with Crippen molar-refractivity contribution in [3.05, 3.63) is 60.6 Å². The summed E-state index contributed by atoms with van der Waals surface area (Å²) < 4.78 is 2.12. The number of pyridine rings is 2. The maximum absolute atomic E-state index is 4.82. The number of nitrogens with zero attached hydrogens (tertiary/aromatic N) is 5. The van der Waals surface area contributed by atoms with Crippen molar-refractivity contribution in [2.75, 3.05) is 18.0 Å². The van der Waals surface area contributed by atoms with Gasteiger partial charge in [-0.1, -0.05) is 12.1 Å². The van der Waals surface area contributed by atoms with Crippen molar-refractivity contribution < 1.29 is 0 Å². The summed E-state index contributed by atoms with van der Waals surface area (Å²) >= 11 is 0. The first-order valence-electron chi connectivity index (χ1n) is 10.2. The Morgan fingerprint density at radius 2 is 1.82 bits per heavy atom. The van der Waals surface area contributed by atoms with Gasteiger partial charge >= 0.3 is 0 Å². The minimum Gasteiger partial charge on any atom is -0.357 e. The molecule has 0 spiro atoms. The second-order valence-electron chi connectivity index (χ2n) is 8.50. The molecule has 146 valence electrons. The van der Waals surface area contributed by atoms with Gasteiger partial charge in [0.05, 0.1) is 11.2 Å². The minimum atomic E-state index is -0.0119. The van der Waals surface area contributed by atoms with Crippen LogP contribution in [0.25, 0.3) is 11.4 Å². The van der Waals surface area contributed by atoms with Crippen molar-refractivity contribution in [2.45, 2.75) is 45.6 Å². The van der Waals surface area contributed by atoms with E-state index in [1.54, 1.807) is 0 Å². The summed E-state index contributed by atoms with van der Waals surface area (Å²) in [4.78, 5) is 11.4. The van der Waals surface area contributed by atoms with Crippen LogP contribution in [-0.4, -0.2) is 32.8 Å². The van der Waals surface area contributed by atoms with E-state index in [1.165, 1.54) is 18.4 Å². The van der Waals surface area contributed by atoms with E-state index in [-0.39, 0.29) is 5.54 Å². The molecule has 3 aromatic rings. The lowest BCUT2D eigenvalue weighted by Crippen LogP contribution is -2.38. The molecule has 1 fully saturated rings. The van der Waals surface area contributed by atoms with Crippen molar-refractivity contribution in [2.24, 2.45) is 5.92 Å². The fourth-order valence-corrected chi connectivity index (χ4v) is 4.13. The Bertz CT molecular complexity index is 890. The second-order valence-corrected chi connectivity index (χ2v) is 8.50. The van der Waals surface area contributed by atoms with Crippen LogP contribution in [0.1, 0.15) is 38.7 Å². The molecule has 0 aromatic carbocycles. The molecule has 1 saturated heterocycles. The van der Waals surface area contributed by atoms with Crippen molar-refractivity contribution in [1.82, 2.24) is 19.7 Å². The third-order valence-corrected chi connectivity index (χ3v) is 5.76. The molecule has 0 radical (unpaired) electrons. The van der Waals surface area contributed by atoms with E-state index in [2.05, 4.69) is 64.7 Å². The Balaban J connectivity index is 1.38. The van der Waals surface area contributed by atoms with Gasteiger partial charge in [-0.2, -0.15) is 5.10 Å². The molecule has 1 aliphatic rings. The van der Waals surface area contributed by atoms with Gasteiger partial charge in [-0.05, 0) is 75.8 Å². The van der Waals surface area contributed by atoms with Crippen LogP contribution in [0.15, 0.2) is 55.0 Å². The molecular formula is C23H29N5. The lowest BCUT2D eigenvalue weighted by atomic mass is 9.84. The maximum atomic E-state index is 4.82. The Morgan fingerprint density at radius 3 is 2.50 bits per heavy atom. The van der Waals surface area contributed by atoms with Gasteiger partial charge in [0.15, 0.2) is 0 Å². The summed E-state index contributed by atoms with van der Waals surface area (Å²) in [7, 11) is 0. The van der Waals surface area contributed by atoms with Gasteiger partial charge < -0.3 is 4.90 Å². The Morgan fingerprint density at radius 1 is 1.00 bits per heavy atom. The highest BCUT2D eigenvalue weighted by molar-refractivity contribution is 5.52. The summed E-state index contributed by atoms with van der Waals surface area (Å²) in [5, 5.41) is 4.82. The van der Waals surface area contributed by atoms with Crippen LogP contribution < -0.4 is 4.90 Å². The fourth-order valence-electron chi connectivity index (χ4n) is 4.13. The highest BCUT2D eigenvalue weighted by atomic mass is 15.3. The standard InChI is InChI=1S/C23H29N5/c1-18-7-8-22(25-17-18)27-13-9-19(10-14-27)16-23(2,3)28-15-11-21(26-28)20-6-4-5-12-24-20/h4-8,11-12,15,17,19H,9-10,13-14,16H2,1-3H3. The predicted octanol–water partition coefficient (Wildman–Crippen LogP) is 4.69. The second kappa shape index (κ2) is 7.74. The highest BCUT2D eigenvalue weighted by Crippen LogP contribution is 2.32. The highest BCUT2D eigenvalue weighted by Gasteiger charge is 2.29. The molecule has 4 rings (SSSR count). The number of rotatable bonds is 5. The molecule has 0 amide bonds. The molecule has 0 saturated carbocycles. The Hall–Kier alpha value is -2.69. The van der Waals surface area contributed by atoms with E-state index in [0.717, 1.165) is 36.7 Å². The van der Waals surface area contributed by atoms with E-state index in [9.17, 15) is 0 Å². The average molecular weight is 376 g/mol. The zero-order valence-electron chi connectivity index (χ0n) is 17.0. The summed E-state index contributed by atoms with van der Waals surface area (Å²) in [6.45, 7) is 8.82. The molecule has 0 atom stereocenters. The van der Waals surface area contributed by atoms with Crippen molar-refractivity contribution in [3.8, 4) is 11.4 Å².